The number of carbonyl (C=O) groups is 1. The van der Waals surface area contributed by atoms with Gasteiger partial charge in [-0.2, -0.15) is 11.8 Å². The molecule has 0 aromatic carbocycles. The number of Topliss-reactive ketones (excluding diaryl/α,β-unsaturated/α-hetero) is 1. The number of rotatable bonds is 11. The summed E-state index contributed by atoms with van der Waals surface area (Å²) in [5, 5.41) is 1.17. The van der Waals surface area contributed by atoms with Gasteiger partial charge in [-0.3, -0.25) is 4.79 Å². The molecule has 2 nitrogen and oxygen atoms in total. The van der Waals surface area contributed by atoms with Crippen molar-refractivity contribution in [3.05, 3.63) is 0 Å². The van der Waals surface area contributed by atoms with E-state index in [0.29, 0.717) is 21.7 Å². The molecule has 0 spiro atoms. The van der Waals surface area contributed by atoms with Crippen molar-refractivity contribution in [2.45, 2.75) is 96.0 Å². The molecule has 0 radical (unpaired) electrons. The van der Waals surface area contributed by atoms with Gasteiger partial charge in [-0.25, -0.2) is 0 Å². The number of ketones is 1. The molecule has 0 N–H and O–H groups in total. The molecule has 1 aliphatic rings. The van der Waals surface area contributed by atoms with Gasteiger partial charge < -0.3 is 4.74 Å². The number of unbranched alkanes of at least 4 members (excludes halogenated alkanes) is 1. The molecule has 1 saturated carbocycles. The highest BCUT2D eigenvalue weighted by molar-refractivity contribution is 8.00. The molecule has 0 aromatic heterocycles. The number of hydrogen-bond acceptors (Lipinski definition) is 3. The fourth-order valence-electron chi connectivity index (χ4n) is 3.68. The van der Waals surface area contributed by atoms with Crippen molar-refractivity contribution in [1.29, 1.82) is 0 Å². The van der Waals surface area contributed by atoms with E-state index in [0.717, 1.165) is 38.7 Å². The molecule has 3 heteroatoms. The topological polar surface area (TPSA) is 26.3 Å². The van der Waals surface area contributed by atoms with Crippen LogP contribution >= 0.6 is 11.8 Å². The lowest BCUT2D eigenvalue weighted by atomic mass is 9.70. The standard InChI is InChI=1S/C20H38O2S/c1-6-8-10-18(21)17-15-20(3,4)13-11-19(17)23-16(9-7-2)12-14-22-5/h16-17,19H,6-15H2,1-5H3. The largest absolute Gasteiger partial charge is 0.385 e. The molecule has 3 atom stereocenters. The molecule has 0 bridgehead atoms. The summed E-state index contributed by atoms with van der Waals surface area (Å²) in [6, 6.07) is 0. The minimum Gasteiger partial charge on any atom is -0.385 e. The van der Waals surface area contributed by atoms with Crippen molar-refractivity contribution in [2.75, 3.05) is 13.7 Å². The normalized spacial score (nSPS) is 25.3. The summed E-state index contributed by atoms with van der Waals surface area (Å²) in [7, 11) is 1.79. The zero-order valence-electron chi connectivity index (χ0n) is 16.0. The summed E-state index contributed by atoms with van der Waals surface area (Å²) in [6.07, 6.45) is 10.1. The fraction of sp³-hybridized carbons (Fsp3) is 0.950. The summed E-state index contributed by atoms with van der Waals surface area (Å²) in [6.45, 7) is 9.94. The quantitative estimate of drug-likeness (QED) is 0.469. The van der Waals surface area contributed by atoms with Crippen molar-refractivity contribution >= 4 is 17.5 Å². The van der Waals surface area contributed by atoms with Gasteiger partial charge in [-0.1, -0.05) is 40.5 Å². The van der Waals surface area contributed by atoms with Gasteiger partial charge in [-0.15, -0.1) is 0 Å². The molecule has 0 heterocycles. The van der Waals surface area contributed by atoms with Gasteiger partial charge in [0.1, 0.15) is 5.78 Å². The Kier molecular flexibility index (Phi) is 9.84. The van der Waals surface area contributed by atoms with Gasteiger partial charge in [0.2, 0.25) is 0 Å². The molecule has 1 fully saturated rings. The molecule has 3 unspecified atom stereocenters. The number of carbonyl (C=O) groups excluding carboxylic acids is 1. The van der Waals surface area contributed by atoms with E-state index in [1.54, 1.807) is 7.11 Å². The van der Waals surface area contributed by atoms with Crippen LogP contribution < -0.4 is 0 Å². The van der Waals surface area contributed by atoms with E-state index in [-0.39, 0.29) is 5.92 Å². The van der Waals surface area contributed by atoms with E-state index in [2.05, 4.69) is 39.5 Å². The van der Waals surface area contributed by atoms with Crippen LogP contribution in [-0.4, -0.2) is 30.0 Å². The summed E-state index contributed by atoms with van der Waals surface area (Å²) < 4.78 is 5.29. The van der Waals surface area contributed by atoms with Crippen LogP contribution in [0.5, 0.6) is 0 Å². The Balaban J connectivity index is 2.71. The lowest BCUT2D eigenvalue weighted by molar-refractivity contribution is -0.124. The second kappa shape index (κ2) is 10.8. The summed E-state index contributed by atoms with van der Waals surface area (Å²) >= 11 is 2.10. The van der Waals surface area contributed by atoms with Crippen LogP contribution in [0.2, 0.25) is 0 Å². The van der Waals surface area contributed by atoms with E-state index >= 15 is 0 Å². The molecule has 0 aromatic rings. The Morgan fingerprint density at radius 2 is 2.00 bits per heavy atom. The fourth-order valence-corrected chi connectivity index (χ4v) is 5.47. The third-order valence-electron chi connectivity index (χ3n) is 5.14. The number of ether oxygens (including phenoxy) is 1. The Morgan fingerprint density at radius 1 is 1.26 bits per heavy atom. The van der Waals surface area contributed by atoms with E-state index in [4.69, 9.17) is 4.74 Å². The second-order valence-electron chi connectivity index (χ2n) is 7.95. The van der Waals surface area contributed by atoms with Crippen LogP contribution in [-0.2, 0) is 9.53 Å². The SMILES string of the molecule is CCCCC(=O)C1CC(C)(C)CCC1SC(CCC)CCOC. The Bertz CT molecular complexity index is 341. The first-order chi connectivity index (χ1) is 10.9. The third kappa shape index (κ3) is 7.60. The monoisotopic (exact) mass is 342 g/mol. The highest BCUT2D eigenvalue weighted by Crippen LogP contribution is 2.46. The van der Waals surface area contributed by atoms with E-state index in [9.17, 15) is 4.79 Å². The molecule has 0 amide bonds. The van der Waals surface area contributed by atoms with Crippen molar-refractivity contribution in [2.24, 2.45) is 11.3 Å². The first kappa shape index (κ1) is 21.0. The maximum Gasteiger partial charge on any atom is 0.137 e. The van der Waals surface area contributed by atoms with Crippen LogP contribution in [0, 0.1) is 11.3 Å². The van der Waals surface area contributed by atoms with Crippen molar-refractivity contribution < 1.29 is 9.53 Å². The molecule has 0 aliphatic heterocycles. The number of methoxy groups -OCH3 is 1. The van der Waals surface area contributed by atoms with Crippen molar-refractivity contribution in [1.82, 2.24) is 0 Å². The van der Waals surface area contributed by atoms with Crippen LogP contribution in [0.25, 0.3) is 0 Å². The second-order valence-corrected chi connectivity index (χ2v) is 9.49. The summed E-state index contributed by atoms with van der Waals surface area (Å²) in [5.74, 6) is 0.802. The van der Waals surface area contributed by atoms with Gasteiger partial charge in [-0.05, 0) is 43.9 Å². The summed E-state index contributed by atoms with van der Waals surface area (Å²) in [5.41, 5.74) is 0.330. The average Bonchev–Trinajstić information content (AvgIpc) is 2.51. The third-order valence-corrected chi connectivity index (χ3v) is 6.91. The molecule has 136 valence electrons. The molecule has 23 heavy (non-hydrogen) atoms. The smallest absolute Gasteiger partial charge is 0.137 e. The molecule has 1 aliphatic carbocycles. The lowest BCUT2D eigenvalue weighted by Crippen LogP contribution is -2.37. The van der Waals surface area contributed by atoms with E-state index in [1.807, 2.05) is 0 Å². The molecular weight excluding hydrogens is 304 g/mol. The van der Waals surface area contributed by atoms with E-state index in [1.165, 1.54) is 25.7 Å². The zero-order chi connectivity index (χ0) is 17.3. The van der Waals surface area contributed by atoms with Crippen LogP contribution in [0.1, 0.15) is 85.5 Å². The van der Waals surface area contributed by atoms with Gasteiger partial charge in [0.25, 0.3) is 0 Å². The zero-order valence-corrected chi connectivity index (χ0v) is 16.8. The van der Waals surface area contributed by atoms with Gasteiger partial charge in [0, 0.05) is 36.6 Å². The predicted molar refractivity (Wildman–Crippen MR) is 102 cm³/mol. The molecular formula is C20H38O2S. The highest BCUT2D eigenvalue weighted by Gasteiger charge is 2.39. The predicted octanol–water partition coefficient (Wildman–Crippen LogP) is 5.88. The summed E-state index contributed by atoms with van der Waals surface area (Å²) in [4.78, 5) is 12.8. The number of thioether (sulfide) groups is 1. The van der Waals surface area contributed by atoms with Crippen LogP contribution in [0.3, 0.4) is 0 Å². The van der Waals surface area contributed by atoms with Crippen LogP contribution in [0.15, 0.2) is 0 Å². The molecule has 1 rings (SSSR count). The maximum absolute atomic E-state index is 12.8. The van der Waals surface area contributed by atoms with E-state index < -0.39 is 0 Å². The minimum absolute atomic E-state index is 0.275. The van der Waals surface area contributed by atoms with Crippen molar-refractivity contribution in [3.8, 4) is 0 Å². The Hall–Kier alpha value is -0.0200. The minimum atomic E-state index is 0.275. The first-order valence-corrected chi connectivity index (χ1v) is 10.5. The molecule has 0 saturated heterocycles. The first-order valence-electron chi connectivity index (χ1n) is 9.60. The number of hydrogen-bond donors (Lipinski definition) is 0. The maximum atomic E-state index is 12.8. The average molecular weight is 343 g/mol. The Morgan fingerprint density at radius 3 is 2.61 bits per heavy atom. The Labute approximate surface area is 148 Å². The van der Waals surface area contributed by atoms with Gasteiger partial charge in [0.15, 0.2) is 0 Å². The van der Waals surface area contributed by atoms with Crippen LogP contribution in [0.4, 0.5) is 0 Å². The van der Waals surface area contributed by atoms with Gasteiger partial charge in [0.05, 0.1) is 0 Å². The van der Waals surface area contributed by atoms with Gasteiger partial charge >= 0.3 is 0 Å². The highest BCUT2D eigenvalue weighted by atomic mass is 32.2. The lowest BCUT2D eigenvalue weighted by Gasteiger charge is -2.41. The van der Waals surface area contributed by atoms with Crippen molar-refractivity contribution in [3.63, 3.8) is 0 Å².